The van der Waals surface area contributed by atoms with Crippen LogP contribution in [0.2, 0.25) is 0 Å². The highest BCUT2D eigenvalue weighted by Gasteiger charge is 2.86. The number of hydrogen-bond acceptors (Lipinski definition) is 11. The lowest BCUT2D eigenvalue weighted by molar-refractivity contribution is -0.382. The zero-order valence-corrected chi connectivity index (χ0v) is 68.7. The topological polar surface area (TPSA) is 139 Å². The third-order valence-corrected chi connectivity index (χ3v) is 23.9. The molecule has 22 heteroatoms. The zero-order chi connectivity index (χ0) is 87.8. The van der Waals surface area contributed by atoms with Gasteiger partial charge in [0.25, 0.3) is 0 Å². The first kappa shape index (κ1) is 83.9. The molecule has 126 heavy (non-hydrogen) atoms. The lowest BCUT2D eigenvalue weighted by atomic mass is 9.78. The molecule has 1 saturated heterocycles. The van der Waals surface area contributed by atoms with E-state index in [2.05, 4.69) is 230 Å². The summed E-state index contributed by atoms with van der Waals surface area (Å²) >= 11 is 0. The normalized spacial score (nSPS) is 13.4. The van der Waals surface area contributed by atoms with Gasteiger partial charge in [-0.15, -0.1) is 0 Å². The van der Waals surface area contributed by atoms with Crippen molar-refractivity contribution in [1.29, 1.82) is 0 Å². The summed E-state index contributed by atoms with van der Waals surface area (Å²) in [7, 11) is -7.47. The second-order valence-electron chi connectivity index (χ2n) is 31.2. The van der Waals surface area contributed by atoms with Gasteiger partial charge in [0.2, 0.25) is 0 Å². The molecular weight excluding hydrogens is 1630 g/mol. The van der Waals surface area contributed by atoms with Gasteiger partial charge in [0.15, 0.2) is 17.4 Å². The number of hydrogen-bond donors (Lipinski definition) is 0. The molecule has 1 fully saturated rings. The van der Waals surface area contributed by atoms with Crippen molar-refractivity contribution in [3.05, 3.63) is 376 Å². The summed E-state index contributed by atoms with van der Waals surface area (Å²) in [6.45, 7) is 8.29. The van der Waals surface area contributed by atoms with Gasteiger partial charge in [-0.25, -0.2) is 19.9 Å². The molecule has 0 bridgehead atoms. The number of para-hydroxylation sites is 2. The molecule has 0 N–H and O–H groups in total. The van der Waals surface area contributed by atoms with E-state index in [1.165, 1.54) is 39.6 Å². The van der Waals surface area contributed by atoms with Gasteiger partial charge in [0.1, 0.15) is 0 Å². The van der Waals surface area contributed by atoms with E-state index < -0.39 is 39.1 Å². The van der Waals surface area contributed by atoms with Crippen molar-refractivity contribution >= 4 is 66.1 Å². The van der Waals surface area contributed by atoms with Gasteiger partial charge in [0.05, 0.1) is 45.0 Å². The summed E-state index contributed by atoms with van der Waals surface area (Å²) in [5, 5.41) is -2.38. The van der Waals surface area contributed by atoms with E-state index in [4.69, 9.17) is 29.2 Å². The number of alkyl halides is 9. The van der Waals surface area contributed by atoms with Crippen LogP contribution in [0.1, 0.15) is 27.7 Å². The van der Waals surface area contributed by atoms with E-state index in [0.29, 0.717) is 39.7 Å². The molecule has 0 radical (unpaired) electrons. The maximum absolute atomic E-state index is 14.4. The number of pyridine rings is 2. The molecule has 0 aliphatic carbocycles. The minimum atomic E-state index is -7.43. The van der Waals surface area contributed by atoms with Gasteiger partial charge in [-0.05, 0) is 124 Å². The number of halogens is 9. The van der Waals surface area contributed by atoms with Crippen molar-refractivity contribution in [2.24, 2.45) is 0 Å². The highest BCUT2D eigenvalue weighted by atomic mass is 32.2. The average Bonchev–Trinajstić information content (AvgIpc) is 1.16. The fraction of sp³-hybridized carbons (Fsp3) is 0.0962. The lowest BCUT2D eigenvalue weighted by Gasteiger charge is -2.32. The minimum absolute atomic E-state index is 0.141. The summed E-state index contributed by atoms with van der Waals surface area (Å²) < 4.78 is 162. The fourth-order valence-corrected chi connectivity index (χ4v) is 16.1. The van der Waals surface area contributed by atoms with E-state index in [0.717, 1.165) is 112 Å². The maximum atomic E-state index is 14.4. The van der Waals surface area contributed by atoms with Crippen LogP contribution in [0.4, 0.5) is 39.5 Å². The maximum Gasteiger partial charge on any atom is 0.494 e. The quantitative estimate of drug-likeness (QED) is 0.0489. The third kappa shape index (κ3) is 16.6. The first-order valence-corrected chi connectivity index (χ1v) is 41.6. The van der Waals surface area contributed by atoms with Crippen LogP contribution < -0.4 is 9.65 Å². The van der Waals surface area contributed by atoms with E-state index in [1.807, 2.05) is 128 Å². The molecule has 622 valence electrons. The van der Waals surface area contributed by atoms with Gasteiger partial charge in [-0.3, -0.25) is 9.97 Å². The van der Waals surface area contributed by atoms with Gasteiger partial charge >= 0.3 is 40.5 Å². The third-order valence-electron chi connectivity index (χ3n) is 22.6. The van der Waals surface area contributed by atoms with Crippen molar-refractivity contribution in [3.8, 4) is 129 Å². The Morgan fingerprint density at radius 2 is 0.595 bits per heavy atom. The van der Waals surface area contributed by atoms with Gasteiger partial charge in [0, 0.05) is 73.1 Å². The Labute approximate surface area is 720 Å². The summed E-state index contributed by atoms with van der Waals surface area (Å²) in [6, 6.07) is 117. The highest BCUT2D eigenvalue weighted by molar-refractivity contribution is 7.88. The standard InChI is InChI=1S/C47H31N3.C36H21F9N2O3S.C21H22BNO2/c1-3-11-35(12-4-1)44-31-45(36-13-5-2-6-14-36)50-47(49-44)38-28-26-33(27-29-38)40-18-9-20-42-39(17-8-21-43(40)42)32-22-24-34(25-23-32)41-19-7-15-37-16-10-30-48-46(37)41;37-33(38,35(41,42)43)34(39,40)36(44,45)51(48,49)50-31-16-8-14-27-26(13-7-15-28(27)31)22-17-19-25(20-18-22)32-46-29(23-9-3-1-4-10-23)21-30(47-32)24-11-5-2-6-12-24;1-20(2)21(3,4)25-22(24-20)17-12-10-15(11-13-17)18-9-5-7-16-8-6-14-23-19(16)18/h1-31H;1-21H;5-14H,1-4H3. The molecular formula is C104H74BF9N6O5S. The van der Waals surface area contributed by atoms with Gasteiger partial charge in [-0.1, -0.05) is 334 Å². The van der Waals surface area contributed by atoms with Crippen molar-refractivity contribution in [3.63, 3.8) is 0 Å². The van der Waals surface area contributed by atoms with E-state index in [-0.39, 0.29) is 29.1 Å². The molecule has 0 amide bonds. The molecule has 4 aromatic heterocycles. The molecule has 0 saturated carbocycles. The summed E-state index contributed by atoms with van der Waals surface area (Å²) in [5.74, 6) is -14.8. The molecule has 19 rings (SSSR count). The van der Waals surface area contributed by atoms with E-state index in [9.17, 15) is 47.9 Å². The molecule has 1 aliphatic heterocycles. The Hall–Kier alpha value is -14.3. The predicted molar refractivity (Wildman–Crippen MR) is 482 cm³/mol. The summed E-state index contributed by atoms with van der Waals surface area (Å²) in [5.41, 5.74) is 21.2. The van der Waals surface area contributed by atoms with Crippen molar-refractivity contribution in [1.82, 2.24) is 29.9 Å². The molecule has 0 spiro atoms. The smallest absolute Gasteiger partial charge is 0.399 e. The summed E-state index contributed by atoms with van der Waals surface area (Å²) in [6.07, 6.45) is -3.51. The van der Waals surface area contributed by atoms with Crippen LogP contribution in [0, 0.1) is 0 Å². The molecule has 1 aliphatic rings. The van der Waals surface area contributed by atoms with Crippen LogP contribution in [-0.4, -0.2) is 79.9 Å². The minimum Gasteiger partial charge on any atom is -0.399 e. The second-order valence-corrected chi connectivity index (χ2v) is 32.7. The van der Waals surface area contributed by atoms with Crippen molar-refractivity contribution < 1.29 is 61.4 Å². The van der Waals surface area contributed by atoms with Crippen LogP contribution in [0.3, 0.4) is 0 Å². The van der Waals surface area contributed by atoms with Gasteiger partial charge < -0.3 is 13.5 Å². The number of nitrogens with zero attached hydrogens (tertiary/aromatic N) is 6. The number of aromatic nitrogens is 6. The predicted octanol–water partition coefficient (Wildman–Crippen LogP) is 26.8. The van der Waals surface area contributed by atoms with Gasteiger partial charge in [-0.2, -0.15) is 47.9 Å². The monoisotopic (exact) mass is 1700 g/mol. The Bertz CT molecular complexity index is 7010. The lowest BCUT2D eigenvalue weighted by Crippen LogP contribution is -2.63. The first-order chi connectivity index (χ1) is 60.6. The van der Waals surface area contributed by atoms with Crippen molar-refractivity contribution in [2.45, 2.75) is 62.2 Å². The Morgan fingerprint density at radius 3 is 0.952 bits per heavy atom. The number of rotatable bonds is 17. The molecule has 0 unspecified atom stereocenters. The Balaban J connectivity index is 0.000000141. The SMILES string of the molecule is CC1(C)OB(c2ccc(-c3cccc4cccnc34)cc2)OC1(C)C.O=S(=O)(Oc1cccc2c(-c3ccc(-c4nc(-c5ccccc5)cc(-c5ccccc5)n4)cc3)cccc12)C(F)(F)C(F)(F)C(F)(F)C(F)(F)F.c1ccc(-c2cc(-c3ccccc3)nc(-c3ccc(-c4cccc5c(-c6ccc(-c7cccc8cccnc78)cc6)cccc45)cc3)n2)cc1. The van der Waals surface area contributed by atoms with E-state index >= 15 is 0 Å². The number of benzene rings is 14. The second kappa shape index (κ2) is 34.1. The van der Waals surface area contributed by atoms with Crippen molar-refractivity contribution in [2.75, 3.05) is 0 Å². The van der Waals surface area contributed by atoms with Crippen LogP contribution in [-0.2, 0) is 19.4 Å². The first-order valence-electron chi connectivity index (χ1n) is 40.2. The highest BCUT2D eigenvalue weighted by Crippen LogP contribution is 2.56. The Morgan fingerprint density at radius 1 is 0.302 bits per heavy atom. The largest absolute Gasteiger partial charge is 0.494 e. The van der Waals surface area contributed by atoms with Crippen LogP contribution in [0.25, 0.3) is 167 Å². The Kier molecular flexibility index (Phi) is 22.7. The summed E-state index contributed by atoms with van der Waals surface area (Å²) in [4.78, 5) is 28.8. The van der Waals surface area contributed by atoms with Crippen LogP contribution in [0.5, 0.6) is 5.75 Å². The molecule has 18 aromatic rings. The molecule has 11 nitrogen and oxygen atoms in total. The van der Waals surface area contributed by atoms with E-state index in [1.54, 1.807) is 30.3 Å². The average molecular weight is 1700 g/mol. The molecule has 0 atom stereocenters. The molecule has 5 heterocycles. The van der Waals surface area contributed by atoms with Crippen LogP contribution in [0.15, 0.2) is 376 Å². The molecule has 14 aromatic carbocycles. The fourth-order valence-electron chi connectivity index (χ4n) is 15.2. The number of fused-ring (bicyclic) bond motifs is 4. The zero-order valence-electron chi connectivity index (χ0n) is 67.9. The van der Waals surface area contributed by atoms with Crippen LogP contribution >= 0.6 is 0 Å².